The number of rotatable bonds is 3. The first kappa shape index (κ1) is 10.0. The van der Waals surface area contributed by atoms with Crippen molar-refractivity contribution in [1.82, 2.24) is 4.90 Å². The number of nitrogens with zero attached hydrogens (tertiary/aromatic N) is 2. The number of hydrogen-bond acceptors (Lipinski definition) is 3. The number of hydrazine groups is 1. The molecule has 0 radical (unpaired) electrons. The smallest absolute Gasteiger partial charge is 0.0558 e. The summed E-state index contributed by atoms with van der Waals surface area (Å²) in [6, 6.07) is 8.15. The predicted molar refractivity (Wildman–Crippen MR) is 56.4 cm³/mol. The van der Waals surface area contributed by atoms with Crippen LogP contribution in [0.5, 0.6) is 0 Å². The second-order valence-electron chi connectivity index (χ2n) is 3.48. The Kier molecular flexibility index (Phi) is 3.28. The summed E-state index contributed by atoms with van der Waals surface area (Å²) in [6.07, 6.45) is 0. The van der Waals surface area contributed by atoms with Crippen LogP contribution >= 0.6 is 0 Å². The Hall–Kier alpha value is -1.06. The van der Waals surface area contributed by atoms with Gasteiger partial charge in [-0.2, -0.15) is 0 Å². The van der Waals surface area contributed by atoms with Crippen LogP contribution in [0.3, 0.4) is 0 Å². The second-order valence-corrected chi connectivity index (χ2v) is 3.48. The first-order chi connectivity index (χ1) is 6.11. The molecule has 3 heteroatoms. The normalized spacial score (nSPS) is 10.5. The Morgan fingerprint density at radius 2 is 1.77 bits per heavy atom. The molecule has 0 aliphatic rings. The van der Waals surface area contributed by atoms with Gasteiger partial charge in [0.2, 0.25) is 0 Å². The zero-order valence-corrected chi connectivity index (χ0v) is 8.49. The maximum Gasteiger partial charge on any atom is 0.0558 e. The van der Waals surface area contributed by atoms with E-state index in [9.17, 15) is 0 Å². The standard InChI is InChI=1S/C10H17N3/c1-12(2)8-9-6-4-5-7-10(9)13(3)11/h4-7H,8,11H2,1-3H3. The molecular weight excluding hydrogens is 162 g/mol. The maximum atomic E-state index is 5.71. The molecule has 0 aliphatic heterocycles. The monoisotopic (exact) mass is 179 g/mol. The van der Waals surface area contributed by atoms with Crippen molar-refractivity contribution in [2.75, 3.05) is 26.2 Å². The van der Waals surface area contributed by atoms with Crippen molar-refractivity contribution in [3.05, 3.63) is 29.8 Å². The van der Waals surface area contributed by atoms with Crippen LogP contribution in [0, 0.1) is 0 Å². The van der Waals surface area contributed by atoms with E-state index in [1.165, 1.54) is 5.56 Å². The van der Waals surface area contributed by atoms with Gasteiger partial charge in [-0.15, -0.1) is 0 Å². The lowest BCUT2D eigenvalue weighted by Crippen LogP contribution is -2.27. The number of hydrogen-bond donors (Lipinski definition) is 1. The number of para-hydroxylation sites is 1. The van der Waals surface area contributed by atoms with Crippen LogP contribution in [0.15, 0.2) is 24.3 Å². The van der Waals surface area contributed by atoms with Gasteiger partial charge in [-0.25, -0.2) is 5.84 Å². The van der Waals surface area contributed by atoms with Crippen molar-refractivity contribution >= 4 is 5.69 Å². The largest absolute Gasteiger partial charge is 0.314 e. The molecule has 0 unspecified atom stereocenters. The molecular formula is C10H17N3. The Morgan fingerprint density at radius 1 is 1.15 bits per heavy atom. The lowest BCUT2D eigenvalue weighted by molar-refractivity contribution is 0.402. The molecule has 0 saturated heterocycles. The molecule has 1 aromatic carbocycles. The average Bonchev–Trinajstić information content (AvgIpc) is 2.03. The van der Waals surface area contributed by atoms with E-state index in [-0.39, 0.29) is 0 Å². The zero-order valence-electron chi connectivity index (χ0n) is 8.49. The highest BCUT2D eigenvalue weighted by Gasteiger charge is 2.03. The Bertz CT molecular complexity index is 269. The van der Waals surface area contributed by atoms with Crippen molar-refractivity contribution in [2.45, 2.75) is 6.54 Å². The van der Waals surface area contributed by atoms with Gasteiger partial charge >= 0.3 is 0 Å². The molecule has 0 spiro atoms. The first-order valence-electron chi connectivity index (χ1n) is 4.32. The van der Waals surface area contributed by atoms with E-state index in [1.54, 1.807) is 5.01 Å². The Morgan fingerprint density at radius 3 is 2.31 bits per heavy atom. The molecule has 0 saturated carbocycles. The van der Waals surface area contributed by atoms with Crippen molar-refractivity contribution in [3.63, 3.8) is 0 Å². The molecule has 3 nitrogen and oxygen atoms in total. The van der Waals surface area contributed by atoms with E-state index < -0.39 is 0 Å². The van der Waals surface area contributed by atoms with E-state index >= 15 is 0 Å². The van der Waals surface area contributed by atoms with Gasteiger partial charge in [-0.3, -0.25) is 0 Å². The van der Waals surface area contributed by atoms with Gasteiger partial charge in [0.05, 0.1) is 5.69 Å². The third-order valence-corrected chi connectivity index (χ3v) is 1.86. The predicted octanol–water partition coefficient (Wildman–Crippen LogP) is 1.06. The van der Waals surface area contributed by atoms with Crippen molar-refractivity contribution in [3.8, 4) is 0 Å². The fraction of sp³-hybridized carbons (Fsp3) is 0.400. The lowest BCUT2D eigenvalue weighted by atomic mass is 10.1. The fourth-order valence-corrected chi connectivity index (χ4v) is 1.33. The van der Waals surface area contributed by atoms with E-state index in [1.807, 2.05) is 39.3 Å². The molecule has 0 heterocycles. The van der Waals surface area contributed by atoms with E-state index in [2.05, 4.69) is 11.0 Å². The quantitative estimate of drug-likeness (QED) is 0.556. The molecule has 0 bridgehead atoms. The zero-order chi connectivity index (χ0) is 9.84. The first-order valence-corrected chi connectivity index (χ1v) is 4.32. The maximum absolute atomic E-state index is 5.71. The van der Waals surface area contributed by atoms with Crippen molar-refractivity contribution < 1.29 is 0 Å². The minimum absolute atomic E-state index is 0.914. The molecule has 2 N–H and O–H groups in total. The molecule has 0 aromatic heterocycles. The van der Waals surface area contributed by atoms with E-state index in [0.29, 0.717) is 0 Å². The van der Waals surface area contributed by atoms with Crippen molar-refractivity contribution in [2.24, 2.45) is 5.84 Å². The average molecular weight is 179 g/mol. The third kappa shape index (κ3) is 2.72. The van der Waals surface area contributed by atoms with Gasteiger partial charge in [-0.1, -0.05) is 18.2 Å². The van der Waals surface area contributed by atoms with Crippen LogP contribution in [0.2, 0.25) is 0 Å². The Balaban J connectivity index is 2.91. The van der Waals surface area contributed by atoms with Crippen LogP contribution < -0.4 is 10.9 Å². The minimum Gasteiger partial charge on any atom is -0.314 e. The topological polar surface area (TPSA) is 32.5 Å². The molecule has 1 aromatic rings. The number of anilines is 1. The van der Waals surface area contributed by atoms with Crippen LogP contribution in [-0.2, 0) is 6.54 Å². The lowest BCUT2D eigenvalue weighted by Gasteiger charge is -2.19. The highest BCUT2D eigenvalue weighted by atomic mass is 15.4. The summed E-state index contributed by atoms with van der Waals surface area (Å²) in [5, 5.41) is 1.65. The van der Waals surface area contributed by atoms with Crippen LogP contribution in [0.4, 0.5) is 5.69 Å². The van der Waals surface area contributed by atoms with Gasteiger partial charge < -0.3 is 9.91 Å². The summed E-state index contributed by atoms with van der Waals surface area (Å²) < 4.78 is 0. The molecule has 0 amide bonds. The van der Waals surface area contributed by atoms with E-state index in [0.717, 1.165) is 12.2 Å². The highest BCUT2D eigenvalue weighted by molar-refractivity contribution is 5.51. The third-order valence-electron chi connectivity index (χ3n) is 1.86. The van der Waals surface area contributed by atoms with Gasteiger partial charge in [0.1, 0.15) is 0 Å². The summed E-state index contributed by atoms with van der Waals surface area (Å²) >= 11 is 0. The molecule has 0 atom stereocenters. The minimum atomic E-state index is 0.914. The van der Waals surface area contributed by atoms with Crippen LogP contribution in [-0.4, -0.2) is 26.0 Å². The number of benzene rings is 1. The highest BCUT2D eigenvalue weighted by Crippen LogP contribution is 2.17. The summed E-state index contributed by atoms with van der Waals surface area (Å²) in [4.78, 5) is 2.13. The summed E-state index contributed by atoms with van der Waals surface area (Å²) in [5.41, 5.74) is 2.33. The second kappa shape index (κ2) is 4.25. The van der Waals surface area contributed by atoms with Crippen molar-refractivity contribution in [1.29, 1.82) is 0 Å². The number of nitrogens with two attached hydrogens (primary N) is 1. The van der Waals surface area contributed by atoms with E-state index in [4.69, 9.17) is 5.84 Å². The van der Waals surface area contributed by atoms with Gasteiger partial charge in [0, 0.05) is 13.6 Å². The summed E-state index contributed by atoms with van der Waals surface area (Å²) in [6.45, 7) is 0.914. The summed E-state index contributed by atoms with van der Waals surface area (Å²) in [7, 11) is 5.95. The SMILES string of the molecule is CN(C)Cc1ccccc1N(C)N. The molecule has 72 valence electrons. The Labute approximate surface area is 79.7 Å². The fourth-order valence-electron chi connectivity index (χ4n) is 1.33. The van der Waals surface area contributed by atoms with Crippen LogP contribution in [0.1, 0.15) is 5.56 Å². The molecule has 0 fully saturated rings. The van der Waals surface area contributed by atoms with Crippen LogP contribution in [0.25, 0.3) is 0 Å². The summed E-state index contributed by atoms with van der Waals surface area (Å²) in [5.74, 6) is 5.71. The van der Waals surface area contributed by atoms with Gasteiger partial charge in [-0.05, 0) is 25.7 Å². The molecule has 13 heavy (non-hydrogen) atoms. The van der Waals surface area contributed by atoms with Gasteiger partial charge in [0.15, 0.2) is 0 Å². The molecule has 1 rings (SSSR count). The van der Waals surface area contributed by atoms with Gasteiger partial charge in [0.25, 0.3) is 0 Å². The molecule has 0 aliphatic carbocycles.